The molecular weight excluding hydrogens is 412 g/mol. The van der Waals surface area contributed by atoms with Crippen molar-refractivity contribution in [2.24, 2.45) is 0 Å². The van der Waals surface area contributed by atoms with E-state index in [1.807, 2.05) is 0 Å². The summed E-state index contributed by atoms with van der Waals surface area (Å²) in [5.74, 6) is -2.48. The molecule has 9 heteroatoms. The van der Waals surface area contributed by atoms with Crippen LogP contribution >= 0.6 is 0 Å². The summed E-state index contributed by atoms with van der Waals surface area (Å²) in [7, 11) is -3.75. The molecule has 1 unspecified atom stereocenters. The van der Waals surface area contributed by atoms with Gasteiger partial charge in [0, 0.05) is 30.3 Å². The normalized spacial score (nSPS) is 15.9. The molecule has 1 N–H and O–H groups in total. The molecule has 0 spiro atoms. The maximum absolute atomic E-state index is 14.0. The van der Waals surface area contributed by atoms with Gasteiger partial charge in [-0.3, -0.25) is 4.79 Å². The van der Waals surface area contributed by atoms with Crippen molar-refractivity contribution in [1.29, 1.82) is 5.26 Å². The Morgan fingerprint density at radius 1 is 1.13 bits per heavy atom. The van der Waals surface area contributed by atoms with Crippen LogP contribution in [0, 0.1) is 29.9 Å². The van der Waals surface area contributed by atoms with E-state index in [9.17, 15) is 27.3 Å². The Kier molecular flexibility index (Phi) is 6.48. The lowest BCUT2D eigenvalue weighted by molar-refractivity contribution is 0.0944. The van der Waals surface area contributed by atoms with Gasteiger partial charge in [-0.15, -0.1) is 0 Å². The van der Waals surface area contributed by atoms with Crippen LogP contribution in [0.2, 0.25) is 0 Å². The number of carbonyl (C=O) groups is 1. The minimum Gasteiger partial charge on any atom is -0.332 e. The molecular formula is C21H21F2N3O3S. The molecule has 1 saturated heterocycles. The van der Waals surface area contributed by atoms with Crippen LogP contribution in [0.1, 0.15) is 46.8 Å². The molecule has 1 atom stereocenters. The number of sulfonamides is 1. The number of amides is 1. The van der Waals surface area contributed by atoms with Crippen molar-refractivity contribution >= 4 is 15.9 Å². The molecule has 6 nitrogen and oxygen atoms in total. The number of piperidine rings is 1. The molecule has 2 aromatic carbocycles. The molecule has 0 aliphatic carbocycles. The van der Waals surface area contributed by atoms with Crippen LogP contribution in [-0.2, 0) is 10.0 Å². The quantitative estimate of drug-likeness (QED) is 0.782. The Morgan fingerprint density at radius 3 is 2.47 bits per heavy atom. The van der Waals surface area contributed by atoms with Crippen molar-refractivity contribution in [3.8, 4) is 6.07 Å². The van der Waals surface area contributed by atoms with Gasteiger partial charge in [-0.2, -0.15) is 9.57 Å². The van der Waals surface area contributed by atoms with Gasteiger partial charge < -0.3 is 5.32 Å². The first-order chi connectivity index (χ1) is 14.2. The highest BCUT2D eigenvalue weighted by Crippen LogP contribution is 2.24. The Hall–Kier alpha value is -2.83. The lowest BCUT2D eigenvalue weighted by Crippen LogP contribution is -2.36. The van der Waals surface area contributed by atoms with Crippen molar-refractivity contribution in [3.05, 3.63) is 64.7 Å². The molecule has 0 saturated carbocycles. The number of rotatable bonds is 5. The highest BCUT2D eigenvalue weighted by molar-refractivity contribution is 7.89. The molecule has 3 rings (SSSR count). The molecule has 1 aliphatic heterocycles. The Labute approximate surface area is 174 Å². The number of nitriles is 1. The number of hydrogen-bond donors (Lipinski definition) is 1. The lowest BCUT2D eigenvalue weighted by Gasteiger charge is -2.26. The smallest absolute Gasteiger partial charge is 0.252 e. The summed E-state index contributed by atoms with van der Waals surface area (Å²) < 4.78 is 54.4. The zero-order valence-electron chi connectivity index (χ0n) is 16.4. The molecule has 1 heterocycles. The Bertz CT molecular complexity index is 1110. The fraction of sp³-hybridized carbons (Fsp3) is 0.333. The van der Waals surface area contributed by atoms with Crippen molar-refractivity contribution < 1.29 is 22.0 Å². The van der Waals surface area contributed by atoms with Crippen molar-refractivity contribution in [2.45, 2.75) is 37.1 Å². The number of benzene rings is 2. The molecule has 0 aromatic heterocycles. The molecule has 2 aromatic rings. The predicted octanol–water partition coefficient (Wildman–Crippen LogP) is 3.44. The summed E-state index contributed by atoms with van der Waals surface area (Å²) in [6.45, 7) is 2.49. The van der Waals surface area contributed by atoms with Crippen LogP contribution in [0.4, 0.5) is 8.78 Å². The summed E-state index contributed by atoms with van der Waals surface area (Å²) >= 11 is 0. The van der Waals surface area contributed by atoms with Crippen molar-refractivity contribution in [1.82, 2.24) is 9.62 Å². The number of nitrogens with one attached hydrogen (secondary N) is 1. The minimum absolute atomic E-state index is 0.0124. The molecule has 158 valence electrons. The average Bonchev–Trinajstić information content (AvgIpc) is 2.73. The van der Waals surface area contributed by atoms with E-state index in [4.69, 9.17) is 0 Å². The summed E-state index contributed by atoms with van der Waals surface area (Å²) in [4.78, 5) is 12.8. The van der Waals surface area contributed by atoms with Crippen LogP contribution < -0.4 is 5.32 Å². The Morgan fingerprint density at radius 2 is 1.83 bits per heavy atom. The van der Waals surface area contributed by atoms with E-state index in [0.717, 1.165) is 31.4 Å². The number of halogens is 2. The van der Waals surface area contributed by atoms with Crippen LogP contribution in [0.5, 0.6) is 0 Å². The number of aryl methyl sites for hydroxylation is 1. The Balaban J connectivity index is 1.88. The maximum Gasteiger partial charge on any atom is 0.252 e. The second-order valence-electron chi connectivity index (χ2n) is 7.14. The first kappa shape index (κ1) is 21.9. The summed E-state index contributed by atoms with van der Waals surface area (Å²) in [5.41, 5.74) is 0.388. The van der Waals surface area contributed by atoms with Gasteiger partial charge in [0.05, 0.1) is 11.0 Å². The molecule has 1 fully saturated rings. The largest absolute Gasteiger partial charge is 0.332 e. The first-order valence-corrected chi connectivity index (χ1v) is 10.9. The fourth-order valence-corrected chi connectivity index (χ4v) is 4.93. The molecule has 1 amide bonds. The van der Waals surface area contributed by atoms with Gasteiger partial charge in [0.15, 0.2) is 0 Å². The van der Waals surface area contributed by atoms with Crippen LogP contribution in [0.15, 0.2) is 41.3 Å². The summed E-state index contributed by atoms with van der Waals surface area (Å²) in [6.07, 6.45) is 2.54. The van der Waals surface area contributed by atoms with Crippen molar-refractivity contribution in [2.75, 3.05) is 13.1 Å². The molecule has 1 aliphatic rings. The monoisotopic (exact) mass is 433 g/mol. The van der Waals surface area contributed by atoms with Gasteiger partial charge in [0.25, 0.3) is 5.91 Å². The lowest BCUT2D eigenvalue weighted by atomic mass is 10.0. The zero-order valence-corrected chi connectivity index (χ0v) is 17.2. The topological polar surface area (TPSA) is 90.3 Å². The van der Waals surface area contributed by atoms with Crippen molar-refractivity contribution in [3.63, 3.8) is 0 Å². The van der Waals surface area contributed by atoms with Gasteiger partial charge in [-0.25, -0.2) is 17.2 Å². The van der Waals surface area contributed by atoms with E-state index in [-0.39, 0.29) is 16.0 Å². The third-order valence-corrected chi connectivity index (χ3v) is 6.98. The van der Waals surface area contributed by atoms with Crippen LogP contribution in [-0.4, -0.2) is 31.7 Å². The summed E-state index contributed by atoms with van der Waals surface area (Å²) in [6, 6.07) is 7.35. The highest BCUT2D eigenvalue weighted by Gasteiger charge is 2.27. The SMILES string of the molecule is Cc1ccc(S(=O)(=O)N2CCCCC2)cc1C(=O)NC(C#N)c1ccc(F)cc1F. The van der Waals surface area contributed by atoms with E-state index in [1.54, 1.807) is 13.0 Å². The van der Waals surface area contributed by atoms with E-state index < -0.39 is 33.6 Å². The van der Waals surface area contributed by atoms with E-state index >= 15 is 0 Å². The second kappa shape index (κ2) is 8.90. The van der Waals surface area contributed by atoms with Crippen LogP contribution in [0.3, 0.4) is 0 Å². The number of nitrogens with zero attached hydrogens (tertiary/aromatic N) is 2. The van der Waals surface area contributed by atoms with E-state index in [0.29, 0.717) is 24.7 Å². The summed E-state index contributed by atoms with van der Waals surface area (Å²) in [5, 5.41) is 11.8. The van der Waals surface area contributed by atoms with E-state index in [2.05, 4.69) is 5.32 Å². The van der Waals surface area contributed by atoms with Crippen LogP contribution in [0.25, 0.3) is 0 Å². The molecule has 0 radical (unpaired) electrons. The standard InChI is InChI=1S/C21H21F2N3O3S/c1-14-5-7-16(30(28,29)26-9-3-2-4-10-26)12-18(14)21(27)25-20(13-24)17-8-6-15(22)11-19(17)23/h5-8,11-12,20H,2-4,9-10H2,1H3,(H,25,27). The average molecular weight is 433 g/mol. The second-order valence-corrected chi connectivity index (χ2v) is 9.08. The highest BCUT2D eigenvalue weighted by atomic mass is 32.2. The molecule has 30 heavy (non-hydrogen) atoms. The number of hydrogen-bond acceptors (Lipinski definition) is 4. The molecule has 0 bridgehead atoms. The van der Waals surface area contributed by atoms with E-state index in [1.165, 1.54) is 22.5 Å². The fourth-order valence-electron chi connectivity index (χ4n) is 3.38. The maximum atomic E-state index is 14.0. The van der Waals surface area contributed by atoms with Gasteiger partial charge in [0.2, 0.25) is 10.0 Å². The zero-order chi connectivity index (χ0) is 21.9. The van der Waals surface area contributed by atoms with Gasteiger partial charge in [0.1, 0.15) is 17.7 Å². The van der Waals surface area contributed by atoms with Gasteiger partial charge in [-0.05, 0) is 43.5 Å². The third-order valence-electron chi connectivity index (χ3n) is 5.08. The first-order valence-electron chi connectivity index (χ1n) is 9.50. The van der Waals surface area contributed by atoms with Gasteiger partial charge in [-0.1, -0.05) is 18.6 Å². The predicted molar refractivity (Wildman–Crippen MR) is 106 cm³/mol. The van der Waals surface area contributed by atoms with Gasteiger partial charge >= 0.3 is 0 Å². The third kappa shape index (κ3) is 4.50. The minimum atomic E-state index is -3.75. The number of carbonyl (C=O) groups excluding carboxylic acids is 1.